The molecule has 1 rings (SSSR count). The zero-order chi connectivity index (χ0) is 8.81. The van der Waals surface area contributed by atoms with Gasteiger partial charge in [0.15, 0.2) is 5.11 Å². The van der Waals surface area contributed by atoms with Crippen LogP contribution >= 0.6 is 12.2 Å². The van der Waals surface area contributed by atoms with Crippen molar-refractivity contribution in [2.45, 2.75) is 25.7 Å². The Morgan fingerprint density at radius 1 is 1.67 bits per heavy atom. The molecule has 0 heterocycles. The molecule has 1 atom stereocenters. The number of rotatable bonds is 3. The predicted molar refractivity (Wildman–Crippen MR) is 55.9 cm³/mol. The fourth-order valence-electron chi connectivity index (χ4n) is 1.50. The molecule has 0 amide bonds. The minimum absolute atomic E-state index is 0.412. The normalized spacial score (nSPS) is 22.2. The highest BCUT2D eigenvalue weighted by Gasteiger charge is 2.07. The third-order valence-corrected chi connectivity index (χ3v) is 2.31. The van der Waals surface area contributed by atoms with Crippen LogP contribution in [0, 0.1) is 5.92 Å². The summed E-state index contributed by atoms with van der Waals surface area (Å²) >= 11 is 4.71. The summed E-state index contributed by atoms with van der Waals surface area (Å²) < 4.78 is 0. The molecule has 0 radical (unpaired) electrons. The lowest BCUT2D eigenvalue weighted by atomic mass is 9.93. The summed E-state index contributed by atoms with van der Waals surface area (Å²) in [4.78, 5) is 0. The van der Waals surface area contributed by atoms with Gasteiger partial charge in [0.1, 0.15) is 0 Å². The molecule has 68 valence electrons. The van der Waals surface area contributed by atoms with E-state index in [9.17, 15) is 0 Å². The Kier molecular flexibility index (Phi) is 4.08. The quantitative estimate of drug-likeness (QED) is 0.516. The Labute approximate surface area is 79.2 Å². The monoisotopic (exact) mass is 184 g/mol. The first-order chi connectivity index (χ1) is 5.79. The minimum atomic E-state index is 0.412. The Balaban J connectivity index is 2.09. The van der Waals surface area contributed by atoms with Gasteiger partial charge in [-0.25, -0.2) is 0 Å². The number of hydrogen-bond donors (Lipinski definition) is 2. The van der Waals surface area contributed by atoms with E-state index >= 15 is 0 Å². The highest BCUT2D eigenvalue weighted by Crippen LogP contribution is 2.19. The smallest absolute Gasteiger partial charge is 0.163 e. The zero-order valence-corrected chi connectivity index (χ0v) is 8.07. The van der Waals surface area contributed by atoms with Crippen molar-refractivity contribution in [2.75, 3.05) is 6.54 Å². The Morgan fingerprint density at radius 3 is 3.08 bits per heavy atom. The maximum absolute atomic E-state index is 5.31. The maximum Gasteiger partial charge on any atom is 0.163 e. The van der Waals surface area contributed by atoms with E-state index in [0.29, 0.717) is 5.11 Å². The average Bonchev–Trinajstić information content (AvgIpc) is 2.05. The molecule has 0 aromatic heterocycles. The lowest BCUT2D eigenvalue weighted by molar-refractivity contribution is 0.503. The summed E-state index contributed by atoms with van der Waals surface area (Å²) in [7, 11) is 0. The molecule has 0 aromatic carbocycles. The lowest BCUT2D eigenvalue weighted by Gasteiger charge is -2.15. The van der Waals surface area contributed by atoms with Crippen LogP contribution in [-0.4, -0.2) is 11.7 Å². The molecule has 3 heteroatoms. The fraction of sp³-hybridized carbons (Fsp3) is 0.667. The zero-order valence-electron chi connectivity index (χ0n) is 7.25. The van der Waals surface area contributed by atoms with Gasteiger partial charge in [0.05, 0.1) is 0 Å². The van der Waals surface area contributed by atoms with Crippen LogP contribution in [0.4, 0.5) is 0 Å². The molecule has 12 heavy (non-hydrogen) atoms. The first-order valence-corrected chi connectivity index (χ1v) is 4.90. The van der Waals surface area contributed by atoms with Crippen LogP contribution in [0.25, 0.3) is 0 Å². The van der Waals surface area contributed by atoms with Crippen LogP contribution in [0.2, 0.25) is 0 Å². The van der Waals surface area contributed by atoms with Crippen molar-refractivity contribution in [2.24, 2.45) is 11.7 Å². The van der Waals surface area contributed by atoms with Gasteiger partial charge in [-0.3, -0.25) is 0 Å². The van der Waals surface area contributed by atoms with E-state index in [2.05, 4.69) is 17.5 Å². The van der Waals surface area contributed by atoms with Gasteiger partial charge in [-0.05, 0) is 43.8 Å². The molecular weight excluding hydrogens is 168 g/mol. The second-order valence-corrected chi connectivity index (χ2v) is 3.64. The lowest BCUT2D eigenvalue weighted by Crippen LogP contribution is -2.30. The first kappa shape index (κ1) is 9.52. The number of allylic oxidation sites excluding steroid dienone is 2. The SMILES string of the molecule is NC(=S)NCCC1C=CCCC1. The van der Waals surface area contributed by atoms with Crippen molar-refractivity contribution < 1.29 is 0 Å². The molecule has 1 unspecified atom stereocenters. The van der Waals surface area contributed by atoms with Gasteiger partial charge in [-0.2, -0.15) is 0 Å². The summed E-state index contributed by atoms with van der Waals surface area (Å²) in [5.41, 5.74) is 5.31. The van der Waals surface area contributed by atoms with E-state index in [1.165, 1.54) is 19.3 Å². The number of thiocarbonyl (C=S) groups is 1. The van der Waals surface area contributed by atoms with Crippen molar-refractivity contribution in [1.82, 2.24) is 5.32 Å². The maximum atomic E-state index is 5.31. The molecule has 0 saturated heterocycles. The second-order valence-electron chi connectivity index (χ2n) is 3.20. The van der Waals surface area contributed by atoms with E-state index < -0.39 is 0 Å². The highest BCUT2D eigenvalue weighted by atomic mass is 32.1. The average molecular weight is 184 g/mol. The molecule has 0 bridgehead atoms. The van der Waals surface area contributed by atoms with Gasteiger partial charge < -0.3 is 11.1 Å². The molecular formula is C9H16N2S. The number of hydrogen-bond acceptors (Lipinski definition) is 1. The van der Waals surface area contributed by atoms with Crippen molar-refractivity contribution in [3.8, 4) is 0 Å². The Morgan fingerprint density at radius 2 is 2.50 bits per heavy atom. The summed E-state index contributed by atoms with van der Waals surface area (Å²) in [6.45, 7) is 0.907. The van der Waals surface area contributed by atoms with Gasteiger partial charge in [-0.15, -0.1) is 0 Å². The third-order valence-electron chi connectivity index (χ3n) is 2.17. The van der Waals surface area contributed by atoms with Gasteiger partial charge in [0.25, 0.3) is 0 Å². The van der Waals surface area contributed by atoms with Crippen LogP contribution in [-0.2, 0) is 0 Å². The van der Waals surface area contributed by atoms with Crippen molar-refractivity contribution in [3.05, 3.63) is 12.2 Å². The number of nitrogens with one attached hydrogen (secondary N) is 1. The Hall–Kier alpha value is -0.570. The first-order valence-electron chi connectivity index (χ1n) is 4.49. The van der Waals surface area contributed by atoms with Crippen LogP contribution < -0.4 is 11.1 Å². The van der Waals surface area contributed by atoms with Crippen LogP contribution in [0.3, 0.4) is 0 Å². The molecule has 0 spiro atoms. The molecule has 1 aliphatic rings. The second kappa shape index (κ2) is 5.14. The summed E-state index contributed by atoms with van der Waals surface area (Å²) in [6, 6.07) is 0. The van der Waals surface area contributed by atoms with Crippen molar-refractivity contribution >= 4 is 17.3 Å². The standard InChI is InChI=1S/C9H16N2S/c10-9(12)11-7-6-8-4-2-1-3-5-8/h2,4,8H,1,3,5-7H2,(H3,10,11,12). The van der Waals surface area contributed by atoms with E-state index in [0.717, 1.165) is 18.9 Å². The van der Waals surface area contributed by atoms with E-state index in [-0.39, 0.29) is 0 Å². The van der Waals surface area contributed by atoms with Gasteiger partial charge in [0, 0.05) is 6.54 Å². The minimum Gasteiger partial charge on any atom is -0.376 e. The van der Waals surface area contributed by atoms with Crippen molar-refractivity contribution in [3.63, 3.8) is 0 Å². The van der Waals surface area contributed by atoms with E-state index in [1.807, 2.05) is 0 Å². The van der Waals surface area contributed by atoms with Gasteiger partial charge in [0.2, 0.25) is 0 Å². The van der Waals surface area contributed by atoms with E-state index in [4.69, 9.17) is 18.0 Å². The summed E-state index contributed by atoms with van der Waals surface area (Å²) in [6.07, 6.45) is 9.62. The van der Waals surface area contributed by atoms with Crippen LogP contribution in [0.15, 0.2) is 12.2 Å². The fourth-order valence-corrected chi connectivity index (χ4v) is 1.61. The molecule has 0 aliphatic heterocycles. The summed E-state index contributed by atoms with van der Waals surface area (Å²) in [5, 5.41) is 3.38. The number of nitrogens with two attached hydrogens (primary N) is 1. The van der Waals surface area contributed by atoms with Crippen LogP contribution in [0.1, 0.15) is 25.7 Å². The molecule has 1 aliphatic carbocycles. The summed E-state index contributed by atoms with van der Waals surface area (Å²) in [5.74, 6) is 0.737. The highest BCUT2D eigenvalue weighted by molar-refractivity contribution is 7.80. The molecule has 0 aromatic rings. The van der Waals surface area contributed by atoms with Gasteiger partial charge >= 0.3 is 0 Å². The topological polar surface area (TPSA) is 38.0 Å². The largest absolute Gasteiger partial charge is 0.376 e. The molecule has 0 fully saturated rings. The van der Waals surface area contributed by atoms with Crippen LogP contribution in [0.5, 0.6) is 0 Å². The molecule has 3 N–H and O–H groups in total. The predicted octanol–water partition coefficient (Wildman–Crippen LogP) is 1.57. The molecule has 0 saturated carbocycles. The molecule has 2 nitrogen and oxygen atoms in total. The Bertz CT molecular complexity index is 177. The van der Waals surface area contributed by atoms with Gasteiger partial charge in [-0.1, -0.05) is 12.2 Å². The van der Waals surface area contributed by atoms with Crippen molar-refractivity contribution in [1.29, 1.82) is 0 Å². The van der Waals surface area contributed by atoms with E-state index in [1.54, 1.807) is 0 Å². The third kappa shape index (κ3) is 3.72.